The maximum absolute atomic E-state index is 13.9. The van der Waals surface area contributed by atoms with E-state index in [1.165, 1.54) is 26.8 Å². The van der Waals surface area contributed by atoms with Gasteiger partial charge in [0.25, 0.3) is 0 Å². The highest BCUT2D eigenvalue weighted by molar-refractivity contribution is 6.31. The van der Waals surface area contributed by atoms with Crippen LogP contribution in [0.3, 0.4) is 0 Å². The molecule has 0 saturated carbocycles. The fraction of sp³-hybridized carbons (Fsp3) is 0.310. The number of hydrogen-bond donors (Lipinski definition) is 4. The summed E-state index contributed by atoms with van der Waals surface area (Å²) in [5.41, 5.74) is 0.185. The largest absolute Gasteiger partial charge is 0.507 e. The van der Waals surface area contributed by atoms with Gasteiger partial charge < -0.3 is 29.9 Å². The Labute approximate surface area is 224 Å². The van der Waals surface area contributed by atoms with Crippen LogP contribution in [0.4, 0.5) is 0 Å². The van der Waals surface area contributed by atoms with E-state index in [1.807, 2.05) is 28.8 Å². The molecule has 0 fully saturated rings. The van der Waals surface area contributed by atoms with Crippen LogP contribution in [0.1, 0.15) is 61.1 Å². The maximum Gasteiger partial charge on any atom is 0.194 e. The van der Waals surface area contributed by atoms with Crippen molar-refractivity contribution < 1.29 is 34.4 Å². The Morgan fingerprint density at radius 3 is 2.54 bits per heavy atom. The third-order valence-electron chi connectivity index (χ3n) is 7.54. The zero-order valence-electron chi connectivity index (χ0n) is 22.2. The Morgan fingerprint density at radius 1 is 1.18 bits per heavy atom. The van der Waals surface area contributed by atoms with Crippen LogP contribution in [0, 0.1) is 6.92 Å². The lowest BCUT2D eigenvalue weighted by molar-refractivity contribution is -0.123. The fourth-order valence-electron chi connectivity index (χ4n) is 5.45. The van der Waals surface area contributed by atoms with Gasteiger partial charge in [-0.1, -0.05) is 12.1 Å². The van der Waals surface area contributed by atoms with Gasteiger partial charge in [-0.25, -0.2) is 4.98 Å². The van der Waals surface area contributed by atoms with Gasteiger partial charge in [0.1, 0.15) is 45.9 Å². The monoisotopic (exact) mass is 531 g/mol. The van der Waals surface area contributed by atoms with Gasteiger partial charge in [-0.05, 0) is 46.8 Å². The molecule has 0 saturated heterocycles. The van der Waals surface area contributed by atoms with Gasteiger partial charge in [0.2, 0.25) is 0 Å². The van der Waals surface area contributed by atoms with Gasteiger partial charge in [-0.3, -0.25) is 14.4 Å². The second-order valence-corrected chi connectivity index (χ2v) is 10.1. The smallest absolute Gasteiger partial charge is 0.194 e. The van der Waals surface area contributed by atoms with Gasteiger partial charge in [0, 0.05) is 30.4 Å². The average Bonchev–Trinajstić information content (AvgIpc) is 3.39. The molecule has 2 heterocycles. The topological polar surface area (TPSA) is 151 Å². The van der Waals surface area contributed by atoms with E-state index in [0.717, 1.165) is 11.0 Å². The molecule has 2 aromatic carbocycles. The van der Waals surface area contributed by atoms with Crippen LogP contribution in [0.25, 0.3) is 11.0 Å². The van der Waals surface area contributed by atoms with E-state index in [2.05, 4.69) is 10.3 Å². The molecule has 0 amide bonds. The van der Waals surface area contributed by atoms with E-state index in [-0.39, 0.29) is 39.5 Å². The number of carbonyl (C=O) groups is 3. The number of aromatic nitrogens is 2. The summed E-state index contributed by atoms with van der Waals surface area (Å²) in [4.78, 5) is 43.9. The van der Waals surface area contributed by atoms with Gasteiger partial charge in [0.05, 0.1) is 22.2 Å². The number of nitrogens with zero attached hydrogens (tertiary/aromatic N) is 2. The number of para-hydroxylation sites is 2. The number of aromatic hydroxyl groups is 2. The number of ketones is 3. The van der Waals surface area contributed by atoms with Crippen LogP contribution in [0.5, 0.6) is 17.2 Å². The van der Waals surface area contributed by atoms with E-state index in [9.17, 15) is 29.7 Å². The van der Waals surface area contributed by atoms with Crippen molar-refractivity contribution in [2.45, 2.75) is 52.7 Å². The SMILES string of the molecule is CC(=O)c1c(O)c(C)c(O)c2c1OC1=CC(=O)C(=C(C)NCCn3c(C(C)O)nc4ccccc43)C(=O)[C@@]12C. The Morgan fingerprint density at radius 2 is 1.87 bits per heavy atom. The first-order valence-corrected chi connectivity index (χ1v) is 12.6. The number of nitrogens with one attached hydrogen (secondary N) is 1. The van der Waals surface area contributed by atoms with E-state index in [0.29, 0.717) is 24.6 Å². The van der Waals surface area contributed by atoms with Crippen LogP contribution >= 0.6 is 0 Å². The minimum absolute atomic E-state index is 0.0155. The van der Waals surface area contributed by atoms with Crippen molar-refractivity contribution >= 4 is 28.4 Å². The molecule has 0 bridgehead atoms. The summed E-state index contributed by atoms with van der Waals surface area (Å²) in [6.07, 6.45) is 0.395. The number of phenols is 2. The summed E-state index contributed by atoms with van der Waals surface area (Å²) in [6.45, 7) is 8.19. The standard InChI is InChI=1S/C29H29N3O7/c1-13-24(36)22(15(3)33)26-23(25(13)37)29(5)20(39-26)12-19(35)21(27(29)38)14(2)30-10-11-32-18-9-7-6-8-17(18)31-28(32)16(4)34/h6-9,12,16,30,34,36-37H,10-11H2,1-5H3/t16?,29-/m0/s1. The minimum atomic E-state index is -1.58. The van der Waals surface area contributed by atoms with E-state index < -0.39 is 34.6 Å². The number of phenolic OH excluding ortho intramolecular Hbond substituents is 2. The summed E-state index contributed by atoms with van der Waals surface area (Å²) in [6, 6.07) is 7.51. The number of benzene rings is 2. The first-order valence-electron chi connectivity index (χ1n) is 12.6. The predicted octanol–water partition coefficient (Wildman–Crippen LogP) is 3.26. The molecule has 3 aromatic rings. The van der Waals surface area contributed by atoms with Gasteiger partial charge in [0.15, 0.2) is 17.3 Å². The summed E-state index contributed by atoms with van der Waals surface area (Å²) < 4.78 is 7.68. The van der Waals surface area contributed by atoms with Crippen LogP contribution in [-0.2, 0) is 21.5 Å². The van der Waals surface area contributed by atoms with E-state index in [4.69, 9.17) is 4.74 Å². The van der Waals surface area contributed by atoms with Gasteiger partial charge >= 0.3 is 0 Å². The normalized spacial score (nSPS) is 20.3. The minimum Gasteiger partial charge on any atom is -0.507 e. The molecule has 10 nitrogen and oxygen atoms in total. The molecule has 10 heteroatoms. The van der Waals surface area contributed by atoms with E-state index in [1.54, 1.807) is 13.8 Å². The highest BCUT2D eigenvalue weighted by Crippen LogP contribution is 2.57. The van der Waals surface area contributed by atoms with Crippen LogP contribution in [0.15, 0.2) is 47.4 Å². The summed E-state index contributed by atoms with van der Waals surface area (Å²) in [7, 11) is 0. The number of imidazole rings is 1. The molecule has 1 aliphatic heterocycles. The maximum atomic E-state index is 13.9. The average molecular weight is 532 g/mol. The number of rotatable bonds is 6. The second kappa shape index (κ2) is 9.09. The molecule has 0 spiro atoms. The molecule has 4 N–H and O–H groups in total. The highest BCUT2D eigenvalue weighted by Gasteiger charge is 2.56. The third kappa shape index (κ3) is 3.74. The summed E-state index contributed by atoms with van der Waals surface area (Å²) in [5, 5.41) is 34.8. The predicted molar refractivity (Wildman–Crippen MR) is 142 cm³/mol. The molecular weight excluding hydrogens is 502 g/mol. The molecule has 1 unspecified atom stereocenters. The first-order chi connectivity index (χ1) is 18.4. The lowest BCUT2D eigenvalue weighted by Gasteiger charge is -2.29. The first kappa shape index (κ1) is 26.2. The van der Waals surface area contributed by atoms with Crippen molar-refractivity contribution in [2.24, 2.45) is 0 Å². The highest BCUT2D eigenvalue weighted by atomic mass is 16.5. The second-order valence-electron chi connectivity index (χ2n) is 10.1. The zero-order chi connectivity index (χ0) is 28.4. The van der Waals surface area contributed by atoms with Crippen molar-refractivity contribution in [3.8, 4) is 17.2 Å². The number of carbonyl (C=O) groups excluding carboxylic acids is 3. The molecule has 5 rings (SSSR count). The number of hydrogen-bond acceptors (Lipinski definition) is 9. The number of Topliss-reactive ketones (excluding diaryl/α,β-unsaturated/α-hetero) is 2. The van der Waals surface area contributed by atoms with Crippen molar-refractivity contribution in [3.05, 3.63) is 69.9 Å². The number of fused-ring (bicyclic) bond motifs is 4. The number of ether oxygens (including phenoxy) is 1. The van der Waals surface area contributed by atoms with Crippen molar-refractivity contribution in [2.75, 3.05) is 6.54 Å². The molecule has 39 heavy (non-hydrogen) atoms. The molecule has 2 aliphatic rings. The van der Waals surface area contributed by atoms with Gasteiger partial charge in [-0.15, -0.1) is 0 Å². The lowest BCUT2D eigenvalue weighted by Crippen LogP contribution is -2.41. The Kier molecular flexibility index (Phi) is 6.10. The number of allylic oxidation sites excluding steroid dienone is 4. The fourth-order valence-corrected chi connectivity index (χ4v) is 5.45. The molecule has 1 aliphatic carbocycles. The summed E-state index contributed by atoms with van der Waals surface area (Å²) >= 11 is 0. The zero-order valence-corrected chi connectivity index (χ0v) is 22.2. The lowest BCUT2D eigenvalue weighted by atomic mass is 9.70. The van der Waals surface area contributed by atoms with Crippen molar-refractivity contribution in [3.63, 3.8) is 0 Å². The molecular formula is C29H29N3O7. The van der Waals surface area contributed by atoms with Crippen molar-refractivity contribution in [1.29, 1.82) is 0 Å². The molecule has 0 radical (unpaired) electrons. The molecule has 202 valence electrons. The Balaban J connectivity index is 1.51. The summed E-state index contributed by atoms with van der Waals surface area (Å²) in [5.74, 6) is -2.12. The third-order valence-corrected chi connectivity index (χ3v) is 7.54. The molecule has 1 aromatic heterocycles. The van der Waals surface area contributed by atoms with Crippen LogP contribution in [-0.4, -0.2) is 48.8 Å². The van der Waals surface area contributed by atoms with Crippen LogP contribution < -0.4 is 10.1 Å². The van der Waals surface area contributed by atoms with Crippen molar-refractivity contribution in [1.82, 2.24) is 14.9 Å². The Hall–Kier alpha value is -4.44. The van der Waals surface area contributed by atoms with Gasteiger partial charge in [-0.2, -0.15) is 0 Å². The van der Waals surface area contributed by atoms with E-state index >= 15 is 0 Å². The Bertz CT molecular complexity index is 1660. The van der Waals surface area contributed by atoms with Crippen LogP contribution in [0.2, 0.25) is 0 Å². The molecule has 2 atom stereocenters. The number of aliphatic hydroxyl groups excluding tert-OH is 1. The number of aliphatic hydroxyl groups is 1. The quantitative estimate of drug-likeness (QED) is 0.213.